The van der Waals surface area contributed by atoms with Crippen LogP contribution in [0.5, 0.6) is 0 Å². The number of nitrogens with zero attached hydrogens (tertiary/aromatic N) is 1. The highest BCUT2D eigenvalue weighted by Gasteiger charge is 2.00. The molecule has 0 unspecified atom stereocenters. The molecule has 0 spiro atoms. The maximum absolute atomic E-state index is 11.2. The molecule has 2 N–H and O–H groups in total. The lowest BCUT2D eigenvalue weighted by molar-refractivity contribution is 0.580. The van der Waals surface area contributed by atoms with Crippen LogP contribution < -0.4 is 11.3 Å². The van der Waals surface area contributed by atoms with Crippen molar-refractivity contribution in [2.24, 2.45) is 0 Å². The molecule has 1 aromatic rings. The van der Waals surface area contributed by atoms with Gasteiger partial charge in [-0.25, -0.2) is 0 Å². The Morgan fingerprint density at radius 1 is 1.55 bits per heavy atom. The van der Waals surface area contributed by atoms with Gasteiger partial charge in [0, 0.05) is 12.2 Å². The second-order valence-corrected chi connectivity index (χ2v) is 2.77. The zero-order valence-electron chi connectivity index (χ0n) is 6.74. The second-order valence-electron chi connectivity index (χ2n) is 2.77. The van der Waals surface area contributed by atoms with Crippen LogP contribution >= 0.6 is 0 Å². The van der Waals surface area contributed by atoms with E-state index in [1.807, 2.05) is 13.8 Å². The summed E-state index contributed by atoms with van der Waals surface area (Å²) in [6.07, 6.45) is 1.74. The monoisotopic (exact) mass is 152 g/mol. The Bertz CT molecular complexity index is 301. The maximum atomic E-state index is 11.2. The molecule has 0 amide bonds. The predicted octanol–water partition coefficient (Wildman–Crippen LogP) is 1.01. The number of aromatic nitrogens is 1. The van der Waals surface area contributed by atoms with Gasteiger partial charge in [-0.15, -0.1) is 0 Å². The minimum absolute atomic E-state index is 0.109. The van der Waals surface area contributed by atoms with Crippen molar-refractivity contribution < 1.29 is 0 Å². The average Bonchev–Trinajstić information content (AvgIpc) is 1.94. The maximum Gasteiger partial charge on any atom is 0.273 e. The summed E-state index contributed by atoms with van der Waals surface area (Å²) in [5.41, 5.74) is 5.62. The third kappa shape index (κ3) is 1.42. The molecule has 0 saturated carbocycles. The fourth-order valence-electron chi connectivity index (χ4n) is 0.934. The first-order valence-electron chi connectivity index (χ1n) is 3.59. The number of nitrogen functional groups attached to an aromatic ring is 1. The zero-order chi connectivity index (χ0) is 8.43. The summed E-state index contributed by atoms with van der Waals surface area (Å²) in [4.78, 5) is 11.2. The van der Waals surface area contributed by atoms with Gasteiger partial charge in [0.05, 0.1) is 5.69 Å². The van der Waals surface area contributed by atoms with Crippen molar-refractivity contribution in [1.82, 2.24) is 4.57 Å². The lowest BCUT2D eigenvalue weighted by Gasteiger charge is -2.08. The Morgan fingerprint density at radius 3 is 2.64 bits per heavy atom. The minimum Gasteiger partial charge on any atom is -0.394 e. The summed E-state index contributed by atoms with van der Waals surface area (Å²) in [7, 11) is 0. The van der Waals surface area contributed by atoms with Gasteiger partial charge in [0.25, 0.3) is 5.56 Å². The van der Waals surface area contributed by atoms with Gasteiger partial charge < -0.3 is 10.3 Å². The van der Waals surface area contributed by atoms with Crippen molar-refractivity contribution in [3.8, 4) is 0 Å². The van der Waals surface area contributed by atoms with Gasteiger partial charge in [0.15, 0.2) is 0 Å². The molecule has 0 aromatic carbocycles. The second kappa shape index (κ2) is 2.78. The number of rotatable bonds is 1. The van der Waals surface area contributed by atoms with E-state index < -0.39 is 0 Å². The molecular formula is C8H12N2O. The van der Waals surface area contributed by atoms with E-state index in [4.69, 9.17) is 5.73 Å². The summed E-state index contributed by atoms with van der Waals surface area (Å²) in [5.74, 6) is 0. The highest BCUT2D eigenvalue weighted by atomic mass is 16.1. The molecule has 1 aromatic heterocycles. The third-order valence-electron chi connectivity index (χ3n) is 1.56. The molecule has 0 aliphatic rings. The summed E-state index contributed by atoms with van der Waals surface area (Å²) in [5, 5.41) is 0. The molecule has 0 aliphatic carbocycles. The van der Waals surface area contributed by atoms with Crippen LogP contribution in [0.1, 0.15) is 19.9 Å². The highest BCUT2D eigenvalue weighted by Crippen LogP contribution is 2.00. The number of nitrogens with two attached hydrogens (primary N) is 1. The molecule has 11 heavy (non-hydrogen) atoms. The molecule has 0 bridgehead atoms. The summed E-state index contributed by atoms with van der Waals surface area (Å²) in [6.45, 7) is 3.89. The van der Waals surface area contributed by atoms with E-state index in [0.29, 0.717) is 5.69 Å². The standard InChI is InChI=1S/C8H12N2O/c1-6(2)10-5-3-4-7(9)8(10)11/h3-6H,9H2,1-2H3. The van der Waals surface area contributed by atoms with Crippen LogP contribution in [0, 0.1) is 0 Å². The van der Waals surface area contributed by atoms with Gasteiger partial charge in [0.2, 0.25) is 0 Å². The number of pyridine rings is 1. The fraction of sp³-hybridized carbons (Fsp3) is 0.375. The quantitative estimate of drug-likeness (QED) is 0.652. The summed E-state index contributed by atoms with van der Waals surface area (Å²) < 4.78 is 1.61. The number of anilines is 1. The molecule has 0 aliphatic heterocycles. The predicted molar refractivity (Wildman–Crippen MR) is 45.5 cm³/mol. The van der Waals surface area contributed by atoms with Crippen molar-refractivity contribution in [2.75, 3.05) is 5.73 Å². The van der Waals surface area contributed by atoms with Crippen molar-refractivity contribution in [1.29, 1.82) is 0 Å². The SMILES string of the molecule is CC(C)n1cccc(N)c1=O. The first-order chi connectivity index (χ1) is 5.13. The van der Waals surface area contributed by atoms with E-state index in [9.17, 15) is 4.79 Å². The van der Waals surface area contributed by atoms with Gasteiger partial charge in [-0.1, -0.05) is 0 Å². The van der Waals surface area contributed by atoms with Gasteiger partial charge in [-0.05, 0) is 26.0 Å². The smallest absolute Gasteiger partial charge is 0.273 e. The van der Waals surface area contributed by atoms with Crippen LogP contribution in [0.3, 0.4) is 0 Å². The van der Waals surface area contributed by atoms with Crippen molar-refractivity contribution in [3.05, 3.63) is 28.7 Å². The minimum atomic E-state index is -0.109. The van der Waals surface area contributed by atoms with Crippen molar-refractivity contribution >= 4 is 5.69 Å². The molecule has 3 heteroatoms. The summed E-state index contributed by atoms with van der Waals surface area (Å²) >= 11 is 0. The Balaban J connectivity index is 3.28. The van der Waals surface area contributed by atoms with Crippen molar-refractivity contribution in [2.45, 2.75) is 19.9 Å². The van der Waals surface area contributed by atoms with E-state index >= 15 is 0 Å². The van der Waals surface area contributed by atoms with Crippen LogP contribution in [-0.2, 0) is 0 Å². The fourth-order valence-corrected chi connectivity index (χ4v) is 0.934. The molecule has 0 fully saturated rings. The van der Waals surface area contributed by atoms with Gasteiger partial charge >= 0.3 is 0 Å². The molecule has 1 rings (SSSR count). The third-order valence-corrected chi connectivity index (χ3v) is 1.56. The Kier molecular flexibility index (Phi) is 1.98. The average molecular weight is 152 g/mol. The topological polar surface area (TPSA) is 48.0 Å². The van der Waals surface area contributed by atoms with Gasteiger partial charge in [-0.3, -0.25) is 4.79 Å². The lowest BCUT2D eigenvalue weighted by Crippen LogP contribution is -2.23. The lowest BCUT2D eigenvalue weighted by atomic mass is 10.3. The first kappa shape index (κ1) is 7.85. The van der Waals surface area contributed by atoms with Crippen LogP contribution in [0.25, 0.3) is 0 Å². The Labute approximate surface area is 65.5 Å². The molecule has 1 heterocycles. The van der Waals surface area contributed by atoms with Gasteiger partial charge in [0.1, 0.15) is 0 Å². The molecule has 0 atom stereocenters. The van der Waals surface area contributed by atoms with E-state index in [2.05, 4.69) is 0 Å². The van der Waals surface area contributed by atoms with Crippen LogP contribution in [-0.4, -0.2) is 4.57 Å². The highest BCUT2D eigenvalue weighted by molar-refractivity contribution is 5.33. The molecular weight excluding hydrogens is 140 g/mol. The Morgan fingerprint density at radius 2 is 2.18 bits per heavy atom. The van der Waals surface area contributed by atoms with Crippen LogP contribution in [0.4, 0.5) is 5.69 Å². The molecule has 3 nitrogen and oxygen atoms in total. The zero-order valence-corrected chi connectivity index (χ0v) is 6.74. The molecule has 0 radical (unpaired) electrons. The summed E-state index contributed by atoms with van der Waals surface area (Å²) in [6, 6.07) is 3.56. The van der Waals surface area contributed by atoms with E-state index in [-0.39, 0.29) is 11.6 Å². The Hall–Kier alpha value is -1.25. The van der Waals surface area contributed by atoms with Crippen LogP contribution in [0.15, 0.2) is 23.1 Å². The van der Waals surface area contributed by atoms with E-state index in [1.165, 1.54) is 0 Å². The van der Waals surface area contributed by atoms with E-state index in [1.54, 1.807) is 22.9 Å². The molecule has 60 valence electrons. The molecule has 0 saturated heterocycles. The first-order valence-corrected chi connectivity index (χ1v) is 3.59. The largest absolute Gasteiger partial charge is 0.394 e. The normalized spacial score (nSPS) is 10.5. The van der Waals surface area contributed by atoms with Crippen molar-refractivity contribution in [3.63, 3.8) is 0 Å². The number of hydrogen-bond donors (Lipinski definition) is 1. The van der Waals surface area contributed by atoms with Crippen LogP contribution in [0.2, 0.25) is 0 Å². The number of hydrogen-bond acceptors (Lipinski definition) is 2. The van der Waals surface area contributed by atoms with Gasteiger partial charge in [-0.2, -0.15) is 0 Å². The van der Waals surface area contributed by atoms with E-state index in [0.717, 1.165) is 0 Å².